The van der Waals surface area contributed by atoms with Crippen molar-refractivity contribution in [2.45, 2.75) is 26.6 Å². The molecule has 2 rings (SSSR count). The van der Waals surface area contributed by atoms with Gasteiger partial charge in [-0.3, -0.25) is 19.7 Å². The van der Waals surface area contributed by atoms with Crippen molar-refractivity contribution in [3.8, 4) is 0 Å². The third-order valence-electron chi connectivity index (χ3n) is 4.13. The van der Waals surface area contributed by atoms with Gasteiger partial charge in [-0.1, -0.05) is 24.3 Å². The lowest BCUT2D eigenvalue weighted by molar-refractivity contribution is -0.385. The number of halogens is 3. The van der Waals surface area contributed by atoms with E-state index in [1.165, 1.54) is 56.3 Å². The molecule has 10 heteroatoms. The Kier molecular flexibility index (Phi) is 6.57. The molecule has 0 saturated carbocycles. The maximum Gasteiger partial charge on any atom is 0.471 e. The van der Waals surface area contributed by atoms with E-state index < -0.39 is 22.9 Å². The lowest BCUT2D eigenvalue weighted by atomic mass is 10.1. The first kappa shape index (κ1) is 21.9. The zero-order valence-corrected chi connectivity index (χ0v) is 15.6. The third-order valence-corrected chi connectivity index (χ3v) is 4.13. The molecular formula is C19H18F3N3O4. The van der Waals surface area contributed by atoms with Crippen LogP contribution in [0, 0.1) is 17.0 Å². The molecule has 7 nitrogen and oxygen atoms in total. The summed E-state index contributed by atoms with van der Waals surface area (Å²) in [5, 5.41) is 13.8. The van der Waals surface area contributed by atoms with Crippen LogP contribution in [0.5, 0.6) is 0 Å². The maximum atomic E-state index is 12.7. The molecular weight excluding hydrogens is 391 g/mol. The molecule has 0 aromatic heterocycles. The highest BCUT2D eigenvalue weighted by Crippen LogP contribution is 2.25. The van der Waals surface area contributed by atoms with Crippen LogP contribution in [0.25, 0.3) is 0 Å². The summed E-state index contributed by atoms with van der Waals surface area (Å²) in [6.45, 7) is 2.48. The number of nitro groups is 1. The van der Waals surface area contributed by atoms with Gasteiger partial charge in [0.1, 0.15) is 5.56 Å². The Balaban J connectivity index is 2.23. The topological polar surface area (TPSA) is 92.6 Å². The number of nitrogens with one attached hydrogen (secondary N) is 1. The molecule has 154 valence electrons. The van der Waals surface area contributed by atoms with Crippen molar-refractivity contribution in [1.29, 1.82) is 0 Å². The Morgan fingerprint density at radius 1 is 1.17 bits per heavy atom. The molecule has 0 aliphatic carbocycles. The lowest BCUT2D eigenvalue weighted by Gasteiger charge is -2.22. The fourth-order valence-electron chi connectivity index (χ4n) is 2.76. The van der Waals surface area contributed by atoms with Gasteiger partial charge < -0.3 is 10.2 Å². The molecule has 0 aliphatic rings. The van der Waals surface area contributed by atoms with Crippen molar-refractivity contribution in [3.63, 3.8) is 0 Å². The van der Waals surface area contributed by atoms with E-state index in [0.717, 1.165) is 0 Å². The second-order valence-electron chi connectivity index (χ2n) is 6.20. The standard InChI is InChI=1S/C19H18F3N3O4/c1-3-24(18(27)19(20,21)22)11-13-7-5-8-14(10-13)23-17(26)15-9-4-6-12(2)16(15)25(28)29/h4-10H,3,11H2,1-2H3,(H,23,26). The highest BCUT2D eigenvalue weighted by molar-refractivity contribution is 6.07. The fourth-order valence-corrected chi connectivity index (χ4v) is 2.76. The van der Waals surface area contributed by atoms with Crippen LogP contribution < -0.4 is 5.32 Å². The summed E-state index contributed by atoms with van der Waals surface area (Å²) in [6.07, 6.45) is -4.98. The molecule has 2 aromatic rings. The second kappa shape index (κ2) is 8.72. The van der Waals surface area contributed by atoms with E-state index in [0.29, 0.717) is 16.0 Å². The minimum absolute atomic E-state index is 0.136. The summed E-state index contributed by atoms with van der Waals surface area (Å²) >= 11 is 0. The molecule has 0 heterocycles. The molecule has 0 radical (unpaired) electrons. The van der Waals surface area contributed by atoms with Crippen LogP contribution in [0.4, 0.5) is 24.5 Å². The van der Waals surface area contributed by atoms with E-state index in [2.05, 4.69) is 5.32 Å². The number of hydrogen-bond acceptors (Lipinski definition) is 4. The highest BCUT2D eigenvalue weighted by atomic mass is 19.4. The molecule has 0 atom stereocenters. The van der Waals surface area contributed by atoms with Crippen LogP contribution in [0.2, 0.25) is 0 Å². The molecule has 0 aliphatic heterocycles. The Hall–Kier alpha value is -3.43. The highest BCUT2D eigenvalue weighted by Gasteiger charge is 2.41. The van der Waals surface area contributed by atoms with Gasteiger partial charge >= 0.3 is 12.1 Å². The molecule has 1 N–H and O–H groups in total. The van der Waals surface area contributed by atoms with Crippen molar-refractivity contribution in [3.05, 3.63) is 69.3 Å². The SMILES string of the molecule is CCN(Cc1cccc(NC(=O)c2cccc(C)c2[N+](=O)[O-])c1)C(=O)C(F)(F)F. The van der Waals surface area contributed by atoms with Crippen LogP contribution in [0.1, 0.15) is 28.4 Å². The van der Waals surface area contributed by atoms with E-state index in [9.17, 15) is 32.9 Å². The number of benzene rings is 2. The maximum absolute atomic E-state index is 12.7. The predicted molar refractivity (Wildman–Crippen MR) is 99.4 cm³/mol. The molecule has 0 spiro atoms. The van der Waals surface area contributed by atoms with Gasteiger partial charge in [0, 0.05) is 24.3 Å². The Labute approximate surface area is 164 Å². The van der Waals surface area contributed by atoms with Gasteiger partial charge in [-0.25, -0.2) is 0 Å². The minimum Gasteiger partial charge on any atom is -0.331 e. The molecule has 2 aromatic carbocycles. The number of carbonyl (C=O) groups is 2. The average molecular weight is 409 g/mol. The third kappa shape index (κ3) is 5.31. The number of alkyl halides is 3. The van der Waals surface area contributed by atoms with Gasteiger partial charge in [0.05, 0.1) is 4.92 Å². The van der Waals surface area contributed by atoms with Crippen molar-refractivity contribution >= 4 is 23.2 Å². The van der Waals surface area contributed by atoms with E-state index in [1.807, 2.05) is 0 Å². The molecule has 0 unspecified atom stereocenters. The molecule has 0 fully saturated rings. The number of nitro benzene ring substituents is 1. The summed E-state index contributed by atoms with van der Waals surface area (Å²) in [5.41, 5.74) is 0.456. The first-order valence-corrected chi connectivity index (χ1v) is 8.55. The van der Waals surface area contributed by atoms with Gasteiger partial charge in [-0.15, -0.1) is 0 Å². The number of amides is 2. The molecule has 29 heavy (non-hydrogen) atoms. The van der Waals surface area contributed by atoms with Gasteiger partial charge in [0.2, 0.25) is 0 Å². The minimum atomic E-state index is -4.98. The van der Waals surface area contributed by atoms with Gasteiger partial charge in [0.25, 0.3) is 11.6 Å². The Morgan fingerprint density at radius 2 is 1.83 bits per heavy atom. The molecule has 0 bridgehead atoms. The summed E-state index contributed by atoms with van der Waals surface area (Å²) in [6, 6.07) is 10.2. The van der Waals surface area contributed by atoms with Gasteiger partial charge in [-0.05, 0) is 37.6 Å². The van der Waals surface area contributed by atoms with Crippen LogP contribution in [0.15, 0.2) is 42.5 Å². The Morgan fingerprint density at radius 3 is 2.41 bits per heavy atom. The van der Waals surface area contributed by atoms with Crippen LogP contribution in [-0.2, 0) is 11.3 Å². The Bertz CT molecular complexity index is 945. The summed E-state index contributed by atoms with van der Waals surface area (Å²) in [7, 11) is 0. The first-order chi connectivity index (χ1) is 13.5. The average Bonchev–Trinajstić information content (AvgIpc) is 2.64. The second-order valence-corrected chi connectivity index (χ2v) is 6.20. The van der Waals surface area contributed by atoms with Crippen LogP contribution >= 0.6 is 0 Å². The van der Waals surface area contributed by atoms with Crippen LogP contribution in [0.3, 0.4) is 0 Å². The predicted octanol–water partition coefficient (Wildman–Crippen LogP) is 4.07. The number of aryl methyl sites for hydroxylation is 1. The smallest absolute Gasteiger partial charge is 0.331 e. The number of nitrogens with zero attached hydrogens (tertiary/aromatic N) is 2. The zero-order valence-electron chi connectivity index (χ0n) is 15.6. The van der Waals surface area contributed by atoms with Crippen molar-refractivity contribution in [2.24, 2.45) is 0 Å². The van der Waals surface area contributed by atoms with E-state index in [-0.39, 0.29) is 30.0 Å². The summed E-state index contributed by atoms with van der Waals surface area (Å²) in [4.78, 5) is 35.2. The number of anilines is 1. The number of rotatable bonds is 6. The zero-order chi connectivity index (χ0) is 21.8. The van der Waals surface area contributed by atoms with Crippen molar-refractivity contribution in [2.75, 3.05) is 11.9 Å². The van der Waals surface area contributed by atoms with E-state index in [4.69, 9.17) is 0 Å². The monoisotopic (exact) mass is 409 g/mol. The number of hydrogen-bond donors (Lipinski definition) is 1. The van der Waals surface area contributed by atoms with Gasteiger partial charge in [-0.2, -0.15) is 13.2 Å². The van der Waals surface area contributed by atoms with Crippen molar-refractivity contribution < 1.29 is 27.7 Å². The lowest BCUT2D eigenvalue weighted by Crippen LogP contribution is -2.40. The van der Waals surface area contributed by atoms with E-state index >= 15 is 0 Å². The van der Waals surface area contributed by atoms with Crippen LogP contribution in [-0.4, -0.2) is 34.4 Å². The van der Waals surface area contributed by atoms with Crippen molar-refractivity contribution in [1.82, 2.24) is 4.90 Å². The fraction of sp³-hybridized carbons (Fsp3) is 0.263. The largest absolute Gasteiger partial charge is 0.471 e. The summed E-state index contributed by atoms with van der Waals surface area (Å²) < 4.78 is 38.0. The molecule has 0 saturated heterocycles. The number of para-hydroxylation sites is 1. The summed E-state index contributed by atoms with van der Waals surface area (Å²) in [5.74, 6) is -2.68. The quantitative estimate of drug-likeness (QED) is 0.575. The molecule has 2 amide bonds. The number of carbonyl (C=O) groups excluding carboxylic acids is 2. The van der Waals surface area contributed by atoms with E-state index in [1.54, 1.807) is 0 Å². The van der Waals surface area contributed by atoms with Gasteiger partial charge in [0.15, 0.2) is 0 Å². The normalized spacial score (nSPS) is 11.1. The first-order valence-electron chi connectivity index (χ1n) is 8.55.